The van der Waals surface area contributed by atoms with Gasteiger partial charge in [-0.25, -0.2) is 0 Å². The Hall–Kier alpha value is -0.520. The summed E-state index contributed by atoms with van der Waals surface area (Å²) in [4.78, 5) is 0. The Morgan fingerprint density at radius 1 is 1.15 bits per heavy atom. The summed E-state index contributed by atoms with van der Waals surface area (Å²) < 4.78 is 0. The van der Waals surface area contributed by atoms with Gasteiger partial charge in [-0.1, -0.05) is 37.6 Å². The van der Waals surface area contributed by atoms with Crippen LogP contribution in [0.3, 0.4) is 0 Å². The highest BCUT2D eigenvalue weighted by Gasteiger charge is 2.35. The van der Waals surface area contributed by atoms with Gasteiger partial charge in [0.25, 0.3) is 0 Å². The fraction of sp³-hybridized carbons (Fsp3) is 0.692. The minimum absolute atomic E-state index is 0.828. The van der Waals surface area contributed by atoms with Crippen molar-refractivity contribution in [1.29, 1.82) is 0 Å². The lowest BCUT2D eigenvalue weighted by atomic mass is 9.64. The Morgan fingerprint density at radius 2 is 1.85 bits per heavy atom. The summed E-state index contributed by atoms with van der Waals surface area (Å²) in [5, 5.41) is 0. The molecule has 13 heavy (non-hydrogen) atoms. The van der Waals surface area contributed by atoms with Gasteiger partial charge < -0.3 is 0 Å². The molecule has 4 atom stereocenters. The standard InChI is InChI=1S/C13H20/c1-9-7-8-11(3)13-10(2)5-4-6-12(9)13/h4-6,9,11-13H,7-8H2,1-3H3. The van der Waals surface area contributed by atoms with Crippen molar-refractivity contribution < 1.29 is 0 Å². The molecule has 0 bridgehead atoms. The molecule has 0 N–H and O–H groups in total. The largest absolute Gasteiger partial charge is 0.0805 e. The smallest absolute Gasteiger partial charge is 0.0112 e. The molecule has 2 aliphatic carbocycles. The molecule has 0 aromatic carbocycles. The van der Waals surface area contributed by atoms with Crippen LogP contribution >= 0.6 is 0 Å². The van der Waals surface area contributed by atoms with E-state index in [4.69, 9.17) is 0 Å². The Morgan fingerprint density at radius 3 is 2.54 bits per heavy atom. The zero-order valence-electron chi connectivity index (χ0n) is 8.96. The van der Waals surface area contributed by atoms with Crippen molar-refractivity contribution in [1.82, 2.24) is 0 Å². The minimum atomic E-state index is 0.828. The number of rotatable bonds is 0. The lowest BCUT2D eigenvalue weighted by Crippen LogP contribution is -2.33. The second-order valence-electron chi connectivity index (χ2n) is 4.93. The van der Waals surface area contributed by atoms with E-state index in [9.17, 15) is 0 Å². The van der Waals surface area contributed by atoms with E-state index in [2.05, 4.69) is 39.0 Å². The quantitative estimate of drug-likeness (QED) is 0.526. The molecule has 0 nitrogen and oxygen atoms in total. The first kappa shape index (κ1) is 9.05. The molecule has 0 aromatic heterocycles. The highest BCUT2D eigenvalue weighted by Crippen LogP contribution is 2.44. The molecule has 0 saturated heterocycles. The molecule has 0 spiro atoms. The maximum Gasteiger partial charge on any atom is -0.0112 e. The van der Waals surface area contributed by atoms with E-state index in [1.807, 2.05) is 0 Å². The summed E-state index contributed by atoms with van der Waals surface area (Å²) in [5.74, 6) is 3.45. The van der Waals surface area contributed by atoms with Crippen molar-refractivity contribution in [2.24, 2.45) is 23.7 Å². The van der Waals surface area contributed by atoms with Gasteiger partial charge in [0.2, 0.25) is 0 Å². The molecule has 0 amide bonds. The van der Waals surface area contributed by atoms with E-state index in [-0.39, 0.29) is 0 Å². The first-order valence-corrected chi connectivity index (χ1v) is 5.55. The predicted octanol–water partition coefficient (Wildman–Crippen LogP) is 3.80. The van der Waals surface area contributed by atoms with Crippen LogP contribution in [0.1, 0.15) is 33.6 Å². The second kappa shape index (κ2) is 3.32. The second-order valence-corrected chi connectivity index (χ2v) is 4.93. The predicted molar refractivity (Wildman–Crippen MR) is 57.4 cm³/mol. The van der Waals surface area contributed by atoms with Crippen LogP contribution in [0.25, 0.3) is 0 Å². The highest BCUT2D eigenvalue weighted by molar-refractivity contribution is 5.23. The molecule has 1 saturated carbocycles. The number of hydrogen-bond acceptors (Lipinski definition) is 0. The van der Waals surface area contributed by atoms with E-state index in [1.54, 1.807) is 5.57 Å². The van der Waals surface area contributed by atoms with Crippen LogP contribution in [0.2, 0.25) is 0 Å². The Bertz CT molecular complexity index is 247. The average molecular weight is 176 g/mol. The zero-order chi connectivity index (χ0) is 9.42. The first-order valence-electron chi connectivity index (χ1n) is 5.55. The van der Waals surface area contributed by atoms with Crippen molar-refractivity contribution in [3.05, 3.63) is 23.8 Å². The van der Waals surface area contributed by atoms with Gasteiger partial charge in [-0.05, 0) is 43.4 Å². The van der Waals surface area contributed by atoms with Crippen LogP contribution in [0.5, 0.6) is 0 Å². The van der Waals surface area contributed by atoms with Gasteiger partial charge in [0, 0.05) is 0 Å². The van der Waals surface area contributed by atoms with Crippen molar-refractivity contribution >= 4 is 0 Å². The fourth-order valence-electron chi connectivity index (χ4n) is 3.14. The van der Waals surface area contributed by atoms with Crippen LogP contribution in [0, 0.1) is 23.7 Å². The Kier molecular flexibility index (Phi) is 2.31. The number of hydrogen-bond donors (Lipinski definition) is 0. The minimum Gasteiger partial charge on any atom is -0.0805 e. The number of allylic oxidation sites excluding steroid dienone is 4. The van der Waals surface area contributed by atoms with Crippen molar-refractivity contribution in [3.8, 4) is 0 Å². The SMILES string of the molecule is CC1=CC=CC2C(C)CCC(C)C12. The maximum absolute atomic E-state index is 2.43. The Balaban J connectivity index is 2.26. The summed E-state index contributed by atoms with van der Waals surface area (Å²) in [5.41, 5.74) is 1.60. The van der Waals surface area contributed by atoms with Crippen LogP contribution in [-0.4, -0.2) is 0 Å². The molecule has 0 heterocycles. The van der Waals surface area contributed by atoms with Gasteiger partial charge in [-0.15, -0.1) is 0 Å². The van der Waals surface area contributed by atoms with E-state index in [0.29, 0.717) is 0 Å². The number of fused-ring (bicyclic) bond motifs is 1. The summed E-state index contributed by atoms with van der Waals surface area (Å²) in [6.45, 7) is 7.13. The third-order valence-electron chi connectivity index (χ3n) is 3.98. The lowest BCUT2D eigenvalue weighted by molar-refractivity contribution is 0.170. The lowest BCUT2D eigenvalue weighted by Gasteiger charge is -2.41. The topological polar surface area (TPSA) is 0 Å². The van der Waals surface area contributed by atoms with Crippen molar-refractivity contribution in [2.75, 3.05) is 0 Å². The molecule has 0 heteroatoms. The van der Waals surface area contributed by atoms with E-state index in [0.717, 1.165) is 23.7 Å². The van der Waals surface area contributed by atoms with Gasteiger partial charge in [-0.2, -0.15) is 0 Å². The van der Waals surface area contributed by atoms with Gasteiger partial charge >= 0.3 is 0 Å². The van der Waals surface area contributed by atoms with Crippen LogP contribution in [0.4, 0.5) is 0 Å². The summed E-state index contributed by atoms with van der Waals surface area (Å²) >= 11 is 0. The normalized spacial score (nSPS) is 44.1. The molecule has 4 unspecified atom stereocenters. The fourth-order valence-corrected chi connectivity index (χ4v) is 3.14. The highest BCUT2D eigenvalue weighted by atomic mass is 14.4. The molecular formula is C13H20. The van der Waals surface area contributed by atoms with Crippen molar-refractivity contribution in [2.45, 2.75) is 33.6 Å². The third kappa shape index (κ3) is 1.47. The molecule has 72 valence electrons. The zero-order valence-corrected chi connectivity index (χ0v) is 8.96. The van der Waals surface area contributed by atoms with Crippen LogP contribution in [-0.2, 0) is 0 Å². The maximum atomic E-state index is 2.43. The average Bonchev–Trinajstić information content (AvgIpc) is 2.12. The molecule has 2 aliphatic rings. The van der Waals surface area contributed by atoms with Gasteiger partial charge in [0.1, 0.15) is 0 Å². The van der Waals surface area contributed by atoms with Crippen LogP contribution < -0.4 is 0 Å². The summed E-state index contributed by atoms with van der Waals surface area (Å²) in [6.07, 6.45) is 9.82. The first-order chi connectivity index (χ1) is 6.20. The van der Waals surface area contributed by atoms with E-state index >= 15 is 0 Å². The van der Waals surface area contributed by atoms with Gasteiger partial charge in [0.05, 0.1) is 0 Å². The molecule has 2 rings (SSSR count). The van der Waals surface area contributed by atoms with Gasteiger partial charge in [0.15, 0.2) is 0 Å². The monoisotopic (exact) mass is 176 g/mol. The molecule has 0 radical (unpaired) electrons. The summed E-state index contributed by atoms with van der Waals surface area (Å²) in [6, 6.07) is 0. The Labute approximate surface area is 81.7 Å². The van der Waals surface area contributed by atoms with Crippen molar-refractivity contribution in [3.63, 3.8) is 0 Å². The third-order valence-corrected chi connectivity index (χ3v) is 3.98. The summed E-state index contributed by atoms with van der Waals surface area (Å²) in [7, 11) is 0. The van der Waals surface area contributed by atoms with Gasteiger partial charge in [-0.3, -0.25) is 0 Å². The van der Waals surface area contributed by atoms with E-state index in [1.165, 1.54) is 12.8 Å². The molecular weight excluding hydrogens is 156 g/mol. The molecule has 1 fully saturated rings. The van der Waals surface area contributed by atoms with E-state index < -0.39 is 0 Å². The molecule has 0 aromatic rings. The molecule has 0 aliphatic heterocycles. The van der Waals surface area contributed by atoms with Crippen LogP contribution in [0.15, 0.2) is 23.8 Å².